The number of aromatic nitrogens is 2. The van der Waals surface area contributed by atoms with Crippen molar-refractivity contribution in [3.05, 3.63) is 59.5 Å². The molecule has 3 heterocycles. The number of ether oxygens (including phenoxy) is 1. The Balaban J connectivity index is 1.34. The largest absolute Gasteiger partial charge is 0.497 e. The Bertz CT molecular complexity index is 1080. The number of benzene rings is 1. The molecule has 1 atom stereocenters. The van der Waals surface area contributed by atoms with Crippen LogP contribution in [-0.2, 0) is 0 Å². The van der Waals surface area contributed by atoms with Crippen LogP contribution in [0.1, 0.15) is 37.4 Å². The van der Waals surface area contributed by atoms with Crippen LogP contribution in [0.15, 0.2) is 53.8 Å². The van der Waals surface area contributed by atoms with E-state index in [0.29, 0.717) is 22.8 Å². The van der Waals surface area contributed by atoms with Crippen LogP contribution in [0.4, 0.5) is 0 Å². The summed E-state index contributed by atoms with van der Waals surface area (Å²) in [6, 6.07) is 9.65. The number of nitrogens with zero attached hydrogens (tertiary/aromatic N) is 3. The zero-order valence-electron chi connectivity index (χ0n) is 19.5. The fourth-order valence-electron chi connectivity index (χ4n) is 4.68. The summed E-state index contributed by atoms with van der Waals surface area (Å²) >= 11 is 8.29. The molecule has 1 aliphatic heterocycles. The molecule has 3 aromatic rings. The lowest BCUT2D eigenvalue weighted by Gasteiger charge is -2.41. The van der Waals surface area contributed by atoms with E-state index in [1.807, 2.05) is 42.2 Å². The van der Waals surface area contributed by atoms with Gasteiger partial charge in [0, 0.05) is 53.3 Å². The van der Waals surface area contributed by atoms with Crippen molar-refractivity contribution in [2.75, 3.05) is 39.1 Å². The van der Waals surface area contributed by atoms with Crippen molar-refractivity contribution in [3.8, 4) is 5.75 Å². The minimum absolute atomic E-state index is 0.136. The number of thioether (sulfide) groups is 1. The lowest BCUT2D eigenvalue weighted by Crippen LogP contribution is -2.43. The Labute approximate surface area is 210 Å². The van der Waals surface area contributed by atoms with Gasteiger partial charge in [0.1, 0.15) is 5.75 Å². The first-order valence-corrected chi connectivity index (χ1v) is 13.1. The molecule has 1 unspecified atom stereocenters. The predicted molar refractivity (Wildman–Crippen MR) is 138 cm³/mol. The number of hydrogen-bond acceptors (Lipinski definition) is 7. The second-order valence-corrected chi connectivity index (χ2v) is 10.6. The first-order chi connectivity index (χ1) is 16.5. The summed E-state index contributed by atoms with van der Waals surface area (Å²) in [5.74, 6) is 1.72. The van der Waals surface area contributed by atoms with Gasteiger partial charge in [0.25, 0.3) is 0 Å². The Morgan fingerprint density at radius 2 is 2.06 bits per heavy atom. The molecule has 1 aromatic carbocycles. The van der Waals surface area contributed by atoms with Crippen LogP contribution in [0.5, 0.6) is 5.75 Å². The van der Waals surface area contributed by atoms with Crippen LogP contribution in [0, 0.1) is 5.41 Å². The first-order valence-electron chi connectivity index (χ1n) is 11.7. The maximum Gasteiger partial charge on any atom is 0.119 e. The molecule has 0 amide bonds. The minimum atomic E-state index is -0.734. The molecule has 1 saturated heterocycles. The Morgan fingerprint density at radius 1 is 1.24 bits per heavy atom. The third kappa shape index (κ3) is 6.01. The number of fused-ring (bicyclic) bond motifs is 1. The summed E-state index contributed by atoms with van der Waals surface area (Å²) in [4.78, 5) is 12.2. The molecule has 0 radical (unpaired) electrons. The maximum absolute atomic E-state index is 11.1. The van der Waals surface area contributed by atoms with Crippen LogP contribution in [0.3, 0.4) is 0 Å². The standard InChI is InChI=1S/C26H32ClN3O3S/c1-33-19-4-5-23-21(15-19)25(22(27)17-29-23)24(32)6-7-26(18-31)8-11-30(12-9-26)13-14-34-20-3-2-10-28-16-20/h2-5,10,15-17,24,31-32H,6-9,11-14,18H2,1H3. The Hall–Kier alpha value is -1.90. The molecule has 0 saturated carbocycles. The second-order valence-electron chi connectivity index (χ2n) is 8.99. The van der Waals surface area contributed by atoms with E-state index in [1.54, 1.807) is 19.5 Å². The molecule has 2 aromatic heterocycles. The number of likely N-dealkylation sites (tertiary alicyclic amines) is 1. The summed E-state index contributed by atoms with van der Waals surface area (Å²) in [6.45, 7) is 3.07. The minimum Gasteiger partial charge on any atom is -0.497 e. The van der Waals surface area contributed by atoms with E-state index in [0.717, 1.165) is 55.6 Å². The third-order valence-corrected chi connectivity index (χ3v) is 8.17. The number of aliphatic hydroxyl groups excluding tert-OH is 2. The molecule has 1 fully saturated rings. The van der Waals surface area contributed by atoms with Gasteiger partial charge in [0.15, 0.2) is 0 Å². The Morgan fingerprint density at radius 3 is 2.76 bits per heavy atom. The molecule has 2 N–H and O–H groups in total. The quantitative estimate of drug-likeness (QED) is 0.379. The highest BCUT2D eigenvalue weighted by molar-refractivity contribution is 7.99. The number of pyridine rings is 2. The van der Waals surface area contributed by atoms with Crippen molar-refractivity contribution >= 4 is 34.3 Å². The van der Waals surface area contributed by atoms with E-state index in [9.17, 15) is 10.2 Å². The van der Waals surface area contributed by atoms with Crippen LogP contribution >= 0.6 is 23.4 Å². The average Bonchev–Trinajstić information content (AvgIpc) is 2.88. The smallest absolute Gasteiger partial charge is 0.119 e. The van der Waals surface area contributed by atoms with Gasteiger partial charge in [-0.3, -0.25) is 9.97 Å². The number of hydrogen-bond donors (Lipinski definition) is 2. The van der Waals surface area contributed by atoms with Crippen LogP contribution < -0.4 is 4.74 Å². The highest BCUT2D eigenvalue weighted by atomic mass is 35.5. The summed E-state index contributed by atoms with van der Waals surface area (Å²) in [7, 11) is 1.62. The number of piperidine rings is 1. The van der Waals surface area contributed by atoms with E-state index in [2.05, 4.69) is 20.9 Å². The van der Waals surface area contributed by atoms with Gasteiger partial charge in [-0.15, -0.1) is 11.8 Å². The van der Waals surface area contributed by atoms with Crippen LogP contribution in [0.25, 0.3) is 10.9 Å². The highest BCUT2D eigenvalue weighted by Crippen LogP contribution is 2.40. The summed E-state index contributed by atoms with van der Waals surface area (Å²) < 4.78 is 5.35. The zero-order valence-corrected chi connectivity index (χ0v) is 21.1. The number of aliphatic hydroxyl groups is 2. The maximum atomic E-state index is 11.1. The van der Waals surface area contributed by atoms with Crippen molar-refractivity contribution in [3.63, 3.8) is 0 Å². The van der Waals surface area contributed by atoms with Gasteiger partial charge < -0.3 is 19.8 Å². The molecule has 6 nitrogen and oxygen atoms in total. The lowest BCUT2D eigenvalue weighted by molar-refractivity contribution is 0.0254. The van der Waals surface area contributed by atoms with Crippen molar-refractivity contribution in [2.24, 2.45) is 5.41 Å². The van der Waals surface area contributed by atoms with Gasteiger partial charge in [0.05, 0.1) is 23.8 Å². The van der Waals surface area contributed by atoms with Crippen LogP contribution in [0.2, 0.25) is 5.02 Å². The topological polar surface area (TPSA) is 78.7 Å². The van der Waals surface area contributed by atoms with Gasteiger partial charge in [-0.1, -0.05) is 11.6 Å². The van der Waals surface area contributed by atoms with Crippen molar-refractivity contribution < 1.29 is 14.9 Å². The fourth-order valence-corrected chi connectivity index (χ4v) is 5.86. The predicted octanol–water partition coefficient (Wildman–Crippen LogP) is 4.97. The normalized spacial score (nSPS) is 17.1. The van der Waals surface area contributed by atoms with Gasteiger partial charge in [-0.2, -0.15) is 0 Å². The third-order valence-electron chi connectivity index (χ3n) is 6.91. The van der Waals surface area contributed by atoms with E-state index < -0.39 is 6.10 Å². The van der Waals surface area contributed by atoms with E-state index in [4.69, 9.17) is 16.3 Å². The van der Waals surface area contributed by atoms with Crippen LogP contribution in [-0.4, -0.2) is 64.2 Å². The number of halogens is 1. The van der Waals surface area contributed by atoms with Crippen molar-refractivity contribution in [1.82, 2.24) is 14.9 Å². The first kappa shape index (κ1) is 25.2. The van der Waals surface area contributed by atoms with Gasteiger partial charge in [-0.05, 0) is 74.5 Å². The summed E-state index contributed by atoms with van der Waals surface area (Å²) in [5, 5.41) is 22.6. The highest BCUT2D eigenvalue weighted by Gasteiger charge is 2.34. The van der Waals surface area contributed by atoms with Gasteiger partial charge in [-0.25, -0.2) is 0 Å². The summed E-state index contributed by atoms with van der Waals surface area (Å²) in [6.07, 6.45) is 7.68. The molecule has 0 spiro atoms. The molecule has 0 aliphatic carbocycles. The zero-order chi connectivity index (χ0) is 24.0. The molecule has 182 valence electrons. The van der Waals surface area contributed by atoms with Gasteiger partial charge in [0.2, 0.25) is 0 Å². The lowest BCUT2D eigenvalue weighted by atomic mass is 9.74. The average molecular weight is 502 g/mol. The second kappa shape index (κ2) is 11.7. The molecule has 4 rings (SSSR count). The number of methoxy groups -OCH3 is 1. The molecule has 1 aliphatic rings. The molecule has 8 heteroatoms. The van der Waals surface area contributed by atoms with E-state index in [-0.39, 0.29) is 12.0 Å². The molecule has 34 heavy (non-hydrogen) atoms. The SMILES string of the molecule is COc1ccc2ncc(Cl)c(C(O)CCC3(CO)CCN(CCSc4cccnc4)CC3)c2c1. The molecule has 0 bridgehead atoms. The van der Waals surface area contributed by atoms with Crippen molar-refractivity contribution in [1.29, 1.82) is 0 Å². The van der Waals surface area contributed by atoms with E-state index in [1.165, 1.54) is 4.90 Å². The van der Waals surface area contributed by atoms with Gasteiger partial charge >= 0.3 is 0 Å². The monoisotopic (exact) mass is 501 g/mol. The van der Waals surface area contributed by atoms with Crippen molar-refractivity contribution in [2.45, 2.75) is 36.7 Å². The summed E-state index contributed by atoms with van der Waals surface area (Å²) in [5.41, 5.74) is 1.29. The van der Waals surface area contributed by atoms with E-state index >= 15 is 0 Å². The Kier molecular flexibility index (Phi) is 8.66. The number of rotatable bonds is 10. The molecular formula is C26H32ClN3O3S. The fraction of sp³-hybridized carbons (Fsp3) is 0.462. The molecular weight excluding hydrogens is 470 g/mol.